The Kier molecular flexibility index (Phi) is 4.75. The van der Waals surface area contributed by atoms with Crippen LogP contribution in [0, 0.1) is 48.5 Å². The summed E-state index contributed by atoms with van der Waals surface area (Å²) in [5, 5.41) is 0. The second kappa shape index (κ2) is 6.72. The van der Waals surface area contributed by atoms with Gasteiger partial charge in [-0.2, -0.15) is 4.57 Å². The predicted molar refractivity (Wildman–Crippen MR) is 112 cm³/mol. The van der Waals surface area contributed by atoms with Crippen molar-refractivity contribution in [1.82, 2.24) is 0 Å². The molecule has 1 heteroatoms. The summed E-state index contributed by atoms with van der Waals surface area (Å²) in [7, 11) is 2.21. The lowest BCUT2D eigenvalue weighted by Crippen LogP contribution is -2.36. The Balaban J connectivity index is 2.34. The fraction of sp³-hybridized carbons (Fsp3) is 0.320. The quantitative estimate of drug-likeness (QED) is 0.502. The number of hydrogen-bond acceptors (Lipinski definition) is 0. The normalized spacial score (nSPS) is 11.1. The van der Waals surface area contributed by atoms with E-state index >= 15 is 0 Å². The molecule has 0 aliphatic heterocycles. The van der Waals surface area contributed by atoms with Crippen LogP contribution in [0.15, 0.2) is 36.4 Å². The molecule has 3 rings (SSSR count). The Bertz CT molecular complexity index is 1010. The summed E-state index contributed by atoms with van der Waals surface area (Å²) in [5.41, 5.74) is 14.6. The molecule has 134 valence electrons. The van der Waals surface area contributed by atoms with Gasteiger partial charge in [0, 0.05) is 22.3 Å². The van der Waals surface area contributed by atoms with Gasteiger partial charge < -0.3 is 0 Å². The largest absolute Gasteiger partial charge is 0.215 e. The molecular weight excluding hydrogens is 314 g/mol. The summed E-state index contributed by atoms with van der Waals surface area (Å²) in [5.74, 6) is 0. The molecule has 0 fully saturated rings. The molecule has 1 nitrogen and oxygen atoms in total. The molecule has 1 heterocycles. The van der Waals surface area contributed by atoms with E-state index < -0.39 is 0 Å². The third-order valence-electron chi connectivity index (χ3n) is 5.58. The van der Waals surface area contributed by atoms with E-state index in [1.165, 1.54) is 61.5 Å². The van der Waals surface area contributed by atoms with Gasteiger partial charge in [0.25, 0.3) is 0 Å². The number of nitrogens with zero attached hydrogens (tertiary/aromatic N) is 1. The van der Waals surface area contributed by atoms with Crippen LogP contribution < -0.4 is 4.57 Å². The molecular formula is C25H30N+. The van der Waals surface area contributed by atoms with Gasteiger partial charge in [-0.15, -0.1) is 0 Å². The third-order valence-corrected chi connectivity index (χ3v) is 5.58. The van der Waals surface area contributed by atoms with Gasteiger partial charge in [0.1, 0.15) is 7.05 Å². The number of hydrogen-bond donors (Lipinski definition) is 0. The van der Waals surface area contributed by atoms with Crippen LogP contribution in [0.1, 0.15) is 38.9 Å². The van der Waals surface area contributed by atoms with Crippen molar-refractivity contribution >= 4 is 0 Å². The van der Waals surface area contributed by atoms with Crippen LogP contribution in [-0.4, -0.2) is 0 Å². The van der Waals surface area contributed by atoms with Gasteiger partial charge in [0.15, 0.2) is 0 Å². The molecule has 0 atom stereocenters. The molecule has 3 aromatic rings. The zero-order chi connectivity index (χ0) is 19.2. The highest BCUT2D eigenvalue weighted by molar-refractivity contribution is 5.71. The third kappa shape index (κ3) is 3.07. The molecule has 2 aromatic carbocycles. The Morgan fingerprint density at radius 2 is 1.00 bits per heavy atom. The lowest BCUT2D eigenvalue weighted by Gasteiger charge is -2.15. The van der Waals surface area contributed by atoms with Gasteiger partial charge in [0.2, 0.25) is 11.4 Å². The van der Waals surface area contributed by atoms with Crippen LogP contribution in [0.4, 0.5) is 0 Å². The fourth-order valence-electron chi connectivity index (χ4n) is 4.18. The zero-order valence-electron chi connectivity index (χ0n) is 17.4. The molecule has 0 saturated carbocycles. The molecule has 0 aliphatic rings. The van der Waals surface area contributed by atoms with Gasteiger partial charge in [-0.1, -0.05) is 23.8 Å². The van der Waals surface area contributed by atoms with E-state index in [1.807, 2.05) is 0 Å². The highest BCUT2D eigenvalue weighted by Gasteiger charge is 2.24. The average Bonchev–Trinajstić information content (AvgIpc) is 2.53. The molecule has 0 spiro atoms. The maximum absolute atomic E-state index is 2.39. The molecule has 0 bridgehead atoms. The van der Waals surface area contributed by atoms with E-state index in [1.54, 1.807) is 0 Å². The molecule has 0 N–H and O–H groups in total. The molecule has 0 radical (unpaired) electrons. The second-order valence-electron chi connectivity index (χ2n) is 7.84. The molecule has 0 unspecified atom stereocenters. The van der Waals surface area contributed by atoms with Crippen molar-refractivity contribution in [3.8, 4) is 22.5 Å². The van der Waals surface area contributed by atoms with Crippen LogP contribution in [0.2, 0.25) is 0 Å². The monoisotopic (exact) mass is 344 g/mol. The minimum atomic E-state index is 1.31. The van der Waals surface area contributed by atoms with Crippen LogP contribution in [0.25, 0.3) is 22.5 Å². The topological polar surface area (TPSA) is 3.88 Å². The van der Waals surface area contributed by atoms with Crippen molar-refractivity contribution in [3.63, 3.8) is 0 Å². The molecule has 26 heavy (non-hydrogen) atoms. The first kappa shape index (κ1) is 18.4. The van der Waals surface area contributed by atoms with Gasteiger partial charge in [-0.3, -0.25) is 0 Å². The first-order chi connectivity index (χ1) is 12.2. The SMILES string of the molecule is Cc1ccc(-c2c(C)cc(C)c(-c3cc(C)c(C)cc3C)[n+]2C)c(C)c1. The van der Waals surface area contributed by atoms with Gasteiger partial charge >= 0.3 is 0 Å². The van der Waals surface area contributed by atoms with Crippen molar-refractivity contribution < 1.29 is 4.57 Å². The summed E-state index contributed by atoms with van der Waals surface area (Å²) >= 11 is 0. The van der Waals surface area contributed by atoms with E-state index in [2.05, 4.69) is 96.5 Å². The van der Waals surface area contributed by atoms with Crippen LogP contribution >= 0.6 is 0 Å². The number of benzene rings is 2. The van der Waals surface area contributed by atoms with E-state index in [0.29, 0.717) is 0 Å². The summed E-state index contributed by atoms with van der Waals surface area (Å²) in [6.07, 6.45) is 0. The number of rotatable bonds is 2. The summed E-state index contributed by atoms with van der Waals surface area (Å²) in [4.78, 5) is 0. The summed E-state index contributed by atoms with van der Waals surface area (Å²) < 4.78 is 2.39. The van der Waals surface area contributed by atoms with Crippen LogP contribution in [-0.2, 0) is 7.05 Å². The van der Waals surface area contributed by atoms with Crippen molar-refractivity contribution in [2.75, 3.05) is 0 Å². The maximum Gasteiger partial charge on any atom is 0.215 e. The predicted octanol–water partition coefficient (Wildman–Crippen LogP) is 6.00. The molecule has 1 aromatic heterocycles. The average molecular weight is 345 g/mol. The number of aryl methyl sites for hydroxylation is 7. The van der Waals surface area contributed by atoms with Gasteiger partial charge in [-0.25, -0.2) is 0 Å². The Labute approximate surface area is 158 Å². The zero-order valence-corrected chi connectivity index (χ0v) is 17.4. The Hall–Kier alpha value is -2.41. The number of aromatic nitrogens is 1. The highest BCUT2D eigenvalue weighted by atomic mass is 15.0. The van der Waals surface area contributed by atoms with Crippen LogP contribution in [0.3, 0.4) is 0 Å². The van der Waals surface area contributed by atoms with Crippen molar-refractivity contribution in [1.29, 1.82) is 0 Å². The molecule has 0 aliphatic carbocycles. The van der Waals surface area contributed by atoms with Gasteiger partial charge in [0.05, 0.1) is 0 Å². The first-order valence-electron chi connectivity index (χ1n) is 9.36. The van der Waals surface area contributed by atoms with Crippen LogP contribution in [0.5, 0.6) is 0 Å². The minimum absolute atomic E-state index is 1.31. The van der Waals surface area contributed by atoms with Crippen molar-refractivity contribution in [2.45, 2.75) is 48.5 Å². The number of pyridine rings is 1. The lowest BCUT2D eigenvalue weighted by atomic mass is 9.93. The minimum Gasteiger partial charge on any atom is -0.194 e. The molecule has 0 amide bonds. The smallest absolute Gasteiger partial charge is 0.194 e. The van der Waals surface area contributed by atoms with E-state index in [4.69, 9.17) is 0 Å². The van der Waals surface area contributed by atoms with E-state index in [0.717, 1.165) is 0 Å². The van der Waals surface area contributed by atoms with E-state index in [-0.39, 0.29) is 0 Å². The lowest BCUT2D eigenvalue weighted by molar-refractivity contribution is -0.649. The standard InChI is InChI=1S/C25H30N/c1-15-9-10-22(18(4)11-15)24-20(6)13-21(7)25(26(24)8)23-14-17(3)16(2)12-19(23)5/h9-14H,1-8H3/q+1. The van der Waals surface area contributed by atoms with E-state index in [9.17, 15) is 0 Å². The highest BCUT2D eigenvalue weighted by Crippen LogP contribution is 2.31. The van der Waals surface area contributed by atoms with Crippen molar-refractivity contribution in [2.24, 2.45) is 7.05 Å². The Morgan fingerprint density at radius 3 is 1.62 bits per heavy atom. The fourth-order valence-corrected chi connectivity index (χ4v) is 4.18. The first-order valence-corrected chi connectivity index (χ1v) is 9.36. The summed E-state index contributed by atoms with van der Waals surface area (Å²) in [6, 6.07) is 13.7. The second-order valence-corrected chi connectivity index (χ2v) is 7.84. The maximum atomic E-state index is 2.39. The Morgan fingerprint density at radius 1 is 0.500 bits per heavy atom. The summed E-state index contributed by atoms with van der Waals surface area (Å²) in [6.45, 7) is 15.4. The van der Waals surface area contributed by atoms with Crippen molar-refractivity contribution in [3.05, 3.63) is 75.3 Å². The van der Waals surface area contributed by atoms with Gasteiger partial charge in [-0.05, 0) is 88.9 Å². The molecule has 0 saturated heterocycles.